The molecule has 5 nitrogen and oxygen atoms in total. The number of nitrogens with zero attached hydrogens (tertiary/aromatic N) is 2. The zero-order chi connectivity index (χ0) is 17.8. The van der Waals surface area contributed by atoms with Crippen LogP contribution in [-0.4, -0.2) is 22.4 Å². The van der Waals surface area contributed by atoms with Gasteiger partial charge in [-0.2, -0.15) is 9.78 Å². The van der Waals surface area contributed by atoms with E-state index >= 15 is 0 Å². The number of ether oxygens (including phenoxy) is 1. The first-order valence-corrected chi connectivity index (χ1v) is 10.3. The Morgan fingerprint density at radius 3 is 2.80 bits per heavy atom. The van der Waals surface area contributed by atoms with Gasteiger partial charge in [-0.25, -0.2) is 0 Å². The highest BCUT2D eigenvalue weighted by Gasteiger charge is 2.56. The van der Waals surface area contributed by atoms with Crippen molar-refractivity contribution in [2.75, 3.05) is 11.9 Å². The lowest BCUT2D eigenvalue weighted by Crippen LogP contribution is -2.58. The number of fused-ring (bicyclic) bond motifs is 2. The van der Waals surface area contributed by atoms with E-state index in [0.29, 0.717) is 28.5 Å². The summed E-state index contributed by atoms with van der Waals surface area (Å²) < 4.78 is 7.77. The lowest BCUT2D eigenvalue weighted by molar-refractivity contribution is -0.105. The van der Waals surface area contributed by atoms with Gasteiger partial charge in [-0.1, -0.05) is 20.8 Å². The third-order valence-corrected chi connectivity index (χ3v) is 7.83. The molecule has 25 heavy (non-hydrogen) atoms. The fourth-order valence-corrected chi connectivity index (χ4v) is 5.61. The number of hydrogen-bond acceptors (Lipinski definition) is 4. The van der Waals surface area contributed by atoms with Crippen molar-refractivity contribution in [1.29, 1.82) is 0 Å². The Morgan fingerprint density at radius 2 is 2.16 bits per heavy atom. The van der Waals surface area contributed by atoms with Crippen molar-refractivity contribution < 1.29 is 4.74 Å². The first kappa shape index (κ1) is 17.5. The zero-order valence-electron chi connectivity index (χ0n) is 15.3. The van der Waals surface area contributed by atoms with E-state index in [2.05, 4.69) is 47.1 Å². The van der Waals surface area contributed by atoms with Crippen LogP contribution >= 0.6 is 15.9 Å². The lowest BCUT2D eigenvalue weighted by atomic mass is 9.45. The van der Waals surface area contributed by atoms with Crippen molar-refractivity contribution in [1.82, 2.24) is 9.78 Å². The van der Waals surface area contributed by atoms with Gasteiger partial charge in [0, 0.05) is 12.6 Å². The average molecular weight is 410 g/mol. The highest BCUT2D eigenvalue weighted by atomic mass is 79.9. The molecule has 3 saturated carbocycles. The second-order valence-electron chi connectivity index (χ2n) is 8.65. The molecule has 1 N–H and O–H groups in total. The quantitative estimate of drug-likeness (QED) is 0.812. The van der Waals surface area contributed by atoms with Crippen LogP contribution in [0.4, 0.5) is 5.69 Å². The monoisotopic (exact) mass is 409 g/mol. The molecule has 2 heterocycles. The predicted octanol–water partition coefficient (Wildman–Crippen LogP) is 4.19. The first-order chi connectivity index (χ1) is 11.9. The minimum absolute atomic E-state index is 0.106. The molecule has 0 amide bonds. The Kier molecular flexibility index (Phi) is 4.47. The van der Waals surface area contributed by atoms with Crippen LogP contribution in [0.15, 0.2) is 15.5 Å². The van der Waals surface area contributed by atoms with Gasteiger partial charge >= 0.3 is 0 Å². The molecule has 1 aliphatic heterocycles. The largest absolute Gasteiger partial charge is 0.380 e. The summed E-state index contributed by atoms with van der Waals surface area (Å²) in [6.07, 6.45) is 7.07. The van der Waals surface area contributed by atoms with Gasteiger partial charge in [-0.05, 0) is 71.2 Å². The van der Waals surface area contributed by atoms with E-state index in [-0.39, 0.29) is 11.8 Å². The molecular formula is C19H28BrN3O2. The average Bonchev–Trinajstić information content (AvgIpc) is 2.61. The summed E-state index contributed by atoms with van der Waals surface area (Å²) in [4.78, 5) is 12.7. The molecular weight excluding hydrogens is 382 g/mol. The van der Waals surface area contributed by atoms with Crippen LogP contribution in [0, 0.1) is 23.2 Å². The number of aromatic nitrogens is 2. The van der Waals surface area contributed by atoms with Crippen molar-refractivity contribution in [2.24, 2.45) is 23.2 Å². The van der Waals surface area contributed by atoms with Crippen LogP contribution < -0.4 is 10.9 Å². The van der Waals surface area contributed by atoms with E-state index in [4.69, 9.17) is 4.74 Å². The Labute approximate surface area is 157 Å². The molecule has 138 valence electrons. The van der Waals surface area contributed by atoms with Crippen LogP contribution in [0.3, 0.4) is 0 Å². The minimum Gasteiger partial charge on any atom is -0.380 e. The molecule has 5 atom stereocenters. The Bertz CT molecular complexity index is 711. The standard InChI is InChI=1S/C19H28BrN3O2/c1-11-13-8-12(19(13,2)3)9-14(11)22-15-10-21-23(18(24)17(15)20)16-6-4-5-7-25-16/h10-14,16,22H,4-9H2,1-3H3/t11-,12+,13-,14?,16?/m1/s1. The molecule has 1 aromatic rings. The fourth-order valence-electron chi connectivity index (χ4n) is 5.21. The first-order valence-electron chi connectivity index (χ1n) is 9.55. The van der Waals surface area contributed by atoms with E-state index in [0.717, 1.165) is 36.8 Å². The van der Waals surface area contributed by atoms with Gasteiger partial charge in [0.1, 0.15) is 4.47 Å². The van der Waals surface area contributed by atoms with Crippen LogP contribution in [0.1, 0.15) is 59.1 Å². The third kappa shape index (κ3) is 2.85. The number of anilines is 1. The number of nitrogens with one attached hydrogen (secondary N) is 1. The van der Waals surface area contributed by atoms with Gasteiger partial charge in [0.2, 0.25) is 0 Å². The van der Waals surface area contributed by atoms with Gasteiger partial charge in [-0.3, -0.25) is 4.79 Å². The SMILES string of the molecule is C[C@H]1C(Nc2cnn(C3CCCCO3)c(=O)c2Br)C[C@@H]2C[C@H]1C2(C)C. The summed E-state index contributed by atoms with van der Waals surface area (Å²) in [5.41, 5.74) is 1.17. The molecule has 0 aromatic carbocycles. The van der Waals surface area contributed by atoms with Crippen molar-refractivity contribution in [3.8, 4) is 0 Å². The summed E-state index contributed by atoms with van der Waals surface area (Å²) in [5, 5.41) is 8.00. The van der Waals surface area contributed by atoms with Crippen molar-refractivity contribution in [2.45, 2.75) is 65.1 Å². The summed E-state index contributed by atoms with van der Waals surface area (Å²) >= 11 is 3.50. The van der Waals surface area contributed by atoms with Crippen molar-refractivity contribution >= 4 is 21.6 Å². The fraction of sp³-hybridized carbons (Fsp3) is 0.789. The molecule has 1 aromatic heterocycles. The topological polar surface area (TPSA) is 56.1 Å². The summed E-state index contributed by atoms with van der Waals surface area (Å²) in [5.74, 6) is 2.16. The Hall–Kier alpha value is -0.880. The van der Waals surface area contributed by atoms with Crippen LogP contribution in [0.5, 0.6) is 0 Å². The van der Waals surface area contributed by atoms with Gasteiger partial charge in [-0.15, -0.1) is 0 Å². The molecule has 6 heteroatoms. The molecule has 4 fully saturated rings. The van der Waals surface area contributed by atoms with Crippen LogP contribution in [-0.2, 0) is 4.74 Å². The van der Waals surface area contributed by atoms with Gasteiger partial charge in [0.05, 0.1) is 11.9 Å². The molecule has 4 aliphatic rings. The van der Waals surface area contributed by atoms with Gasteiger partial charge in [0.15, 0.2) is 6.23 Å². The predicted molar refractivity (Wildman–Crippen MR) is 102 cm³/mol. The molecule has 2 unspecified atom stereocenters. The second-order valence-corrected chi connectivity index (χ2v) is 9.44. The van der Waals surface area contributed by atoms with E-state index < -0.39 is 0 Å². The van der Waals surface area contributed by atoms with Crippen LogP contribution in [0.2, 0.25) is 0 Å². The Morgan fingerprint density at radius 1 is 1.36 bits per heavy atom. The van der Waals surface area contributed by atoms with Crippen molar-refractivity contribution in [3.63, 3.8) is 0 Å². The maximum absolute atomic E-state index is 12.7. The molecule has 0 spiro atoms. The minimum atomic E-state index is -0.228. The summed E-state index contributed by atoms with van der Waals surface area (Å²) in [6, 6.07) is 0.413. The van der Waals surface area contributed by atoms with E-state index in [1.165, 1.54) is 17.5 Å². The number of halogens is 1. The summed E-state index contributed by atoms with van der Waals surface area (Å²) in [6.45, 7) is 7.86. The van der Waals surface area contributed by atoms with Gasteiger partial charge < -0.3 is 10.1 Å². The maximum Gasteiger partial charge on any atom is 0.285 e. The van der Waals surface area contributed by atoms with Gasteiger partial charge in [0.25, 0.3) is 5.56 Å². The molecule has 0 radical (unpaired) electrons. The molecule has 1 saturated heterocycles. The highest BCUT2D eigenvalue weighted by molar-refractivity contribution is 9.10. The van der Waals surface area contributed by atoms with E-state index in [1.807, 2.05) is 0 Å². The highest BCUT2D eigenvalue weighted by Crippen LogP contribution is 2.61. The normalized spacial score (nSPS) is 36.6. The third-order valence-electron chi connectivity index (χ3n) is 7.07. The Balaban J connectivity index is 1.52. The molecule has 2 bridgehead atoms. The smallest absolute Gasteiger partial charge is 0.285 e. The maximum atomic E-state index is 12.7. The second kappa shape index (κ2) is 6.38. The molecule has 3 aliphatic carbocycles. The van der Waals surface area contributed by atoms with E-state index in [9.17, 15) is 4.79 Å². The van der Waals surface area contributed by atoms with E-state index in [1.54, 1.807) is 6.20 Å². The van der Waals surface area contributed by atoms with Crippen molar-refractivity contribution in [3.05, 3.63) is 21.0 Å². The van der Waals surface area contributed by atoms with Crippen LogP contribution in [0.25, 0.3) is 0 Å². The number of rotatable bonds is 3. The molecule has 5 rings (SSSR count). The summed E-state index contributed by atoms with van der Waals surface area (Å²) in [7, 11) is 0. The number of hydrogen-bond donors (Lipinski definition) is 1. The zero-order valence-corrected chi connectivity index (χ0v) is 16.9. The lowest BCUT2D eigenvalue weighted by Gasteiger charge is -2.62.